The van der Waals surface area contributed by atoms with E-state index in [9.17, 15) is 0 Å². The van der Waals surface area contributed by atoms with Gasteiger partial charge < -0.3 is 5.73 Å². The van der Waals surface area contributed by atoms with E-state index in [0.717, 1.165) is 17.0 Å². The fourth-order valence-corrected chi connectivity index (χ4v) is 2.76. The number of thioether (sulfide) groups is 1. The molecule has 0 fully saturated rings. The maximum absolute atomic E-state index is 9.05. The molecule has 0 radical (unpaired) electrons. The van der Waals surface area contributed by atoms with E-state index >= 15 is 0 Å². The molecule has 7 nitrogen and oxygen atoms in total. The molecule has 0 amide bonds. The number of nitriles is 1. The summed E-state index contributed by atoms with van der Waals surface area (Å²) in [6, 6.07) is 5.72. The largest absolute Gasteiger partial charge is 0.396 e. The summed E-state index contributed by atoms with van der Waals surface area (Å²) in [5, 5.41) is 17.2. The summed E-state index contributed by atoms with van der Waals surface area (Å²) in [7, 11) is 0. The van der Waals surface area contributed by atoms with E-state index in [0.29, 0.717) is 33.9 Å². The Morgan fingerprint density at radius 2 is 2.14 bits per heavy atom. The second-order valence-corrected chi connectivity index (χ2v) is 5.47. The Labute approximate surface area is 130 Å². The molecule has 0 spiro atoms. The van der Waals surface area contributed by atoms with Gasteiger partial charge in [-0.25, -0.2) is 14.6 Å². The van der Waals surface area contributed by atoms with Crippen LogP contribution >= 0.6 is 11.8 Å². The Bertz CT molecular complexity index is 898. The molecule has 3 aromatic rings. The molecule has 0 bridgehead atoms. The van der Waals surface area contributed by atoms with Gasteiger partial charge in [-0.3, -0.25) is 0 Å². The molecule has 0 aliphatic carbocycles. The van der Waals surface area contributed by atoms with Crippen LogP contribution in [-0.2, 0) is 6.42 Å². The number of nitrogens with two attached hydrogens (primary N) is 1. The molecule has 0 aromatic carbocycles. The summed E-state index contributed by atoms with van der Waals surface area (Å²) >= 11 is 1.44. The Morgan fingerprint density at radius 3 is 2.86 bits per heavy atom. The number of fused-ring (bicyclic) bond motifs is 1. The van der Waals surface area contributed by atoms with Gasteiger partial charge in [-0.2, -0.15) is 5.26 Å². The maximum Gasteiger partial charge on any atom is 0.226 e. The van der Waals surface area contributed by atoms with Gasteiger partial charge in [0.25, 0.3) is 0 Å². The highest BCUT2D eigenvalue weighted by Crippen LogP contribution is 2.26. The molecule has 0 saturated carbocycles. The number of hydrogen-bond acceptors (Lipinski definition) is 8. The highest BCUT2D eigenvalue weighted by Gasteiger charge is 2.16. The fraction of sp³-hybridized carbons (Fsp3) is 0.214. The van der Waals surface area contributed by atoms with Crippen LogP contribution in [0.1, 0.15) is 22.5 Å². The normalized spacial score (nSPS) is 10.8. The van der Waals surface area contributed by atoms with Crippen molar-refractivity contribution < 1.29 is 4.63 Å². The van der Waals surface area contributed by atoms with Crippen LogP contribution in [0.25, 0.3) is 11.2 Å². The van der Waals surface area contributed by atoms with Gasteiger partial charge in [-0.05, 0) is 35.6 Å². The van der Waals surface area contributed by atoms with Crippen LogP contribution in [-0.4, -0.2) is 26.5 Å². The first kappa shape index (κ1) is 14.3. The van der Waals surface area contributed by atoms with Crippen molar-refractivity contribution in [1.82, 2.24) is 20.3 Å². The van der Waals surface area contributed by atoms with E-state index in [4.69, 9.17) is 11.0 Å². The first-order valence-corrected chi connectivity index (χ1v) is 7.67. The predicted molar refractivity (Wildman–Crippen MR) is 82.3 cm³/mol. The minimum absolute atomic E-state index is 0.399. The van der Waals surface area contributed by atoms with Crippen LogP contribution in [0.4, 0.5) is 5.69 Å². The van der Waals surface area contributed by atoms with Gasteiger partial charge >= 0.3 is 0 Å². The van der Waals surface area contributed by atoms with Crippen LogP contribution in [0.3, 0.4) is 0 Å². The number of hydrogen-bond donors (Lipinski definition) is 1. The SMILES string of the molecule is CSc1nc(Cc2c(C)nc3nonc3c2N)ccc1C#N. The van der Waals surface area contributed by atoms with Crippen LogP contribution in [0.2, 0.25) is 0 Å². The number of aromatic nitrogens is 4. The first-order chi connectivity index (χ1) is 10.6. The molecule has 0 unspecified atom stereocenters. The van der Waals surface area contributed by atoms with E-state index < -0.39 is 0 Å². The molecule has 0 saturated heterocycles. The van der Waals surface area contributed by atoms with E-state index in [1.54, 1.807) is 6.07 Å². The van der Waals surface area contributed by atoms with E-state index in [1.807, 2.05) is 19.2 Å². The van der Waals surface area contributed by atoms with Gasteiger partial charge in [0.1, 0.15) is 11.1 Å². The molecule has 2 N–H and O–H groups in total. The predicted octanol–water partition coefficient (Wildman–Crippen LogP) is 2.09. The van der Waals surface area contributed by atoms with Gasteiger partial charge in [0, 0.05) is 23.4 Å². The second-order valence-electron chi connectivity index (χ2n) is 4.67. The van der Waals surface area contributed by atoms with Gasteiger partial charge in [-0.1, -0.05) is 0 Å². The number of anilines is 1. The second kappa shape index (κ2) is 5.61. The average molecular weight is 312 g/mol. The zero-order valence-electron chi connectivity index (χ0n) is 12.0. The highest BCUT2D eigenvalue weighted by molar-refractivity contribution is 7.98. The maximum atomic E-state index is 9.05. The lowest BCUT2D eigenvalue weighted by molar-refractivity contribution is 0.315. The van der Waals surface area contributed by atoms with E-state index in [2.05, 4.69) is 31.0 Å². The molecule has 8 heteroatoms. The molecule has 110 valence electrons. The van der Waals surface area contributed by atoms with E-state index in [1.165, 1.54) is 11.8 Å². The summed E-state index contributed by atoms with van der Waals surface area (Å²) < 4.78 is 4.68. The minimum atomic E-state index is 0.399. The third kappa shape index (κ3) is 2.35. The minimum Gasteiger partial charge on any atom is -0.396 e. The monoisotopic (exact) mass is 312 g/mol. The lowest BCUT2D eigenvalue weighted by atomic mass is 10.0. The molecule has 3 rings (SSSR count). The summed E-state index contributed by atoms with van der Waals surface area (Å²) in [5.41, 5.74) is 10.5. The van der Waals surface area contributed by atoms with Crippen LogP contribution in [0.15, 0.2) is 21.8 Å². The lowest BCUT2D eigenvalue weighted by Crippen LogP contribution is -2.04. The Morgan fingerprint density at radius 1 is 1.32 bits per heavy atom. The topological polar surface area (TPSA) is 115 Å². The van der Waals surface area contributed by atoms with Crippen molar-refractivity contribution in [3.05, 3.63) is 34.6 Å². The Kier molecular flexibility index (Phi) is 3.65. The molecular weight excluding hydrogens is 300 g/mol. The third-order valence-electron chi connectivity index (χ3n) is 3.35. The number of nitrogen functional groups attached to an aromatic ring is 1. The van der Waals surface area contributed by atoms with Crippen molar-refractivity contribution in [2.45, 2.75) is 18.4 Å². The van der Waals surface area contributed by atoms with E-state index in [-0.39, 0.29) is 0 Å². The third-order valence-corrected chi connectivity index (χ3v) is 4.05. The quantitative estimate of drug-likeness (QED) is 0.731. The summed E-state index contributed by atoms with van der Waals surface area (Å²) in [5.74, 6) is 0. The van der Waals surface area contributed by atoms with Crippen LogP contribution in [0, 0.1) is 18.3 Å². The molecule has 0 aliphatic heterocycles. The van der Waals surface area contributed by atoms with Crippen LogP contribution in [0.5, 0.6) is 0 Å². The molecule has 0 atom stereocenters. The zero-order valence-corrected chi connectivity index (χ0v) is 12.8. The van der Waals surface area contributed by atoms with Crippen molar-refractivity contribution in [3.8, 4) is 6.07 Å². The average Bonchev–Trinajstić information content (AvgIpc) is 2.99. The first-order valence-electron chi connectivity index (χ1n) is 6.45. The standard InChI is InChI=1S/C14H12N6OS/c1-7-10(11(16)12-13(17-7)20-21-19-12)5-9-4-3-8(6-15)14(18-9)22-2/h3-4H,5,16H2,1-2H3. The summed E-state index contributed by atoms with van der Waals surface area (Å²) in [6.45, 7) is 1.86. The molecular formula is C14H12N6OS. The number of rotatable bonds is 3. The van der Waals surface area contributed by atoms with Gasteiger partial charge in [0.2, 0.25) is 5.65 Å². The summed E-state index contributed by atoms with van der Waals surface area (Å²) in [4.78, 5) is 8.84. The molecule has 22 heavy (non-hydrogen) atoms. The highest BCUT2D eigenvalue weighted by atomic mass is 32.2. The smallest absolute Gasteiger partial charge is 0.226 e. The fourth-order valence-electron chi connectivity index (χ4n) is 2.21. The molecule has 3 heterocycles. The van der Waals surface area contributed by atoms with Crippen molar-refractivity contribution >= 4 is 28.6 Å². The van der Waals surface area contributed by atoms with Gasteiger partial charge in [0.15, 0.2) is 5.52 Å². The Balaban J connectivity index is 2.05. The molecule has 3 aromatic heterocycles. The van der Waals surface area contributed by atoms with Crippen molar-refractivity contribution in [2.24, 2.45) is 0 Å². The Hall–Kier alpha value is -2.66. The summed E-state index contributed by atoms with van der Waals surface area (Å²) in [6.07, 6.45) is 2.40. The van der Waals surface area contributed by atoms with Crippen molar-refractivity contribution in [1.29, 1.82) is 5.26 Å². The van der Waals surface area contributed by atoms with Crippen LogP contribution < -0.4 is 5.73 Å². The van der Waals surface area contributed by atoms with Gasteiger partial charge in [0.05, 0.1) is 11.3 Å². The number of pyridine rings is 2. The van der Waals surface area contributed by atoms with Crippen molar-refractivity contribution in [3.63, 3.8) is 0 Å². The number of aryl methyl sites for hydroxylation is 1. The zero-order chi connectivity index (χ0) is 15.7. The number of nitrogens with zero attached hydrogens (tertiary/aromatic N) is 5. The van der Waals surface area contributed by atoms with Gasteiger partial charge in [-0.15, -0.1) is 11.8 Å². The molecule has 0 aliphatic rings. The van der Waals surface area contributed by atoms with Crippen molar-refractivity contribution in [2.75, 3.05) is 12.0 Å². The lowest BCUT2D eigenvalue weighted by Gasteiger charge is -2.09.